The predicted octanol–water partition coefficient (Wildman–Crippen LogP) is 4.06. The minimum Gasteiger partial charge on any atom is -0.491 e. The maximum absolute atomic E-state index is 12.3. The molecular formula is C20H23NO3. The lowest BCUT2D eigenvalue weighted by Crippen LogP contribution is -2.16. The second kappa shape index (κ2) is 7.97. The van der Waals surface area contributed by atoms with Crippen molar-refractivity contribution in [2.75, 3.05) is 18.5 Å². The molecule has 2 aromatic carbocycles. The van der Waals surface area contributed by atoms with E-state index in [-0.39, 0.29) is 12.0 Å². The van der Waals surface area contributed by atoms with Crippen molar-refractivity contribution in [3.8, 4) is 5.75 Å². The van der Waals surface area contributed by atoms with Crippen molar-refractivity contribution in [3.63, 3.8) is 0 Å². The van der Waals surface area contributed by atoms with Gasteiger partial charge in [-0.2, -0.15) is 0 Å². The zero-order valence-corrected chi connectivity index (χ0v) is 14.0. The molecule has 24 heavy (non-hydrogen) atoms. The summed E-state index contributed by atoms with van der Waals surface area (Å²) in [5, 5.41) is 2.91. The van der Waals surface area contributed by atoms with Crippen molar-refractivity contribution in [2.45, 2.75) is 32.3 Å². The standard InChI is InChI=1S/C20H23NO3/c1-2-15-8-10-16(11-9-15)20(22)21-17-5-3-6-18(13-17)24-14-19-7-4-12-23-19/h3,5-6,8-11,13,19H,2,4,7,12,14H2,1H3,(H,21,22). The van der Waals surface area contributed by atoms with E-state index in [1.807, 2.05) is 48.5 Å². The molecule has 1 aliphatic heterocycles. The minimum atomic E-state index is -0.117. The lowest BCUT2D eigenvalue weighted by Gasteiger charge is -2.12. The van der Waals surface area contributed by atoms with E-state index in [1.165, 1.54) is 5.56 Å². The number of hydrogen-bond acceptors (Lipinski definition) is 3. The first-order chi connectivity index (χ1) is 11.7. The molecule has 1 saturated heterocycles. The van der Waals surface area contributed by atoms with Gasteiger partial charge in [0, 0.05) is 23.9 Å². The van der Waals surface area contributed by atoms with Crippen molar-refractivity contribution in [1.82, 2.24) is 0 Å². The van der Waals surface area contributed by atoms with E-state index >= 15 is 0 Å². The summed E-state index contributed by atoms with van der Waals surface area (Å²) >= 11 is 0. The molecule has 0 radical (unpaired) electrons. The second-order valence-corrected chi connectivity index (χ2v) is 5.98. The van der Waals surface area contributed by atoms with Gasteiger partial charge in [0.15, 0.2) is 0 Å². The molecule has 3 rings (SSSR count). The van der Waals surface area contributed by atoms with Gasteiger partial charge < -0.3 is 14.8 Å². The van der Waals surface area contributed by atoms with Crippen LogP contribution in [0.5, 0.6) is 5.75 Å². The minimum absolute atomic E-state index is 0.117. The third-order valence-corrected chi connectivity index (χ3v) is 4.18. The molecule has 1 unspecified atom stereocenters. The third-order valence-electron chi connectivity index (χ3n) is 4.18. The van der Waals surface area contributed by atoms with E-state index in [0.29, 0.717) is 12.2 Å². The highest BCUT2D eigenvalue weighted by molar-refractivity contribution is 6.04. The van der Waals surface area contributed by atoms with Crippen LogP contribution in [0.3, 0.4) is 0 Å². The van der Waals surface area contributed by atoms with Gasteiger partial charge in [-0.25, -0.2) is 0 Å². The number of nitrogens with one attached hydrogen (secondary N) is 1. The van der Waals surface area contributed by atoms with E-state index in [2.05, 4.69) is 12.2 Å². The van der Waals surface area contributed by atoms with Gasteiger partial charge in [-0.05, 0) is 49.1 Å². The quantitative estimate of drug-likeness (QED) is 0.871. The van der Waals surface area contributed by atoms with Crippen LogP contribution in [0.2, 0.25) is 0 Å². The number of rotatable bonds is 6. The fraction of sp³-hybridized carbons (Fsp3) is 0.350. The van der Waals surface area contributed by atoms with Crippen molar-refractivity contribution >= 4 is 11.6 Å². The van der Waals surface area contributed by atoms with Gasteiger partial charge in [0.1, 0.15) is 12.4 Å². The van der Waals surface area contributed by atoms with Crippen molar-refractivity contribution in [3.05, 3.63) is 59.7 Å². The smallest absolute Gasteiger partial charge is 0.255 e. The Morgan fingerprint density at radius 2 is 2.08 bits per heavy atom. The maximum Gasteiger partial charge on any atom is 0.255 e. The summed E-state index contributed by atoms with van der Waals surface area (Å²) in [6.07, 6.45) is 3.29. The predicted molar refractivity (Wildman–Crippen MR) is 94.7 cm³/mol. The van der Waals surface area contributed by atoms with E-state index in [9.17, 15) is 4.79 Å². The lowest BCUT2D eigenvalue weighted by molar-refractivity contribution is 0.0680. The largest absolute Gasteiger partial charge is 0.491 e. The average Bonchev–Trinajstić information content (AvgIpc) is 3.14. The highest BCUT2D eigenvalue weighted by Gasteiger charge is 2.16. The van der Waals surface area contributed by atoms with Gasteiger partial charge in [0.05, 0.1) is 6.10 Å². The van der Waals surface area contributed by atoms with Crippen LogP contribution in [0.25, 0.3) is 0 Å². The van der Waals surface area contributed by atoms with Crippen LogP contribution in [-0.2, 0) is 11.2 Å². The number of ether oxygens (including phenoxy) is 2. The van der Waals surface area contributed by atoms with Crippen molar-refractivity contribution in [1.29, 1.82) is 0 Å². The number of benzene rings is 2. The molecule has 2 aromatic rings. The summed E-state index contributed by atoms with van der Waals surface area (Å²) in [7, 11) is 0. The summed E-state index contributed by atoms with van der Waals surface area (Å²) in [4.78, 5) is 12.3. The Bertz CT molecular complexity index is 676. The average molecular weight is 325 g/mol. The molecule has 1 atom stereocenters. The SMILES string of the molecule is CCc1ccc(C(=O)Nc2cccc(OCC3CCCO3)c2)cc1. The first-order valence-corrected chi connectivity index (χ1v) is 8.49. The van der Waals surface area contributed by atoms with Crippen LogP contribution in [0.1, 0.15) is 35.7 Å². The molecule has 126 valence electrons. The van der Waals surface area contributed by atoms with Gasteiger partial charge in [0.2, 0.25) is 0 Å². The molecule has 4 heteroatoms. The van der Waals surface area contributed by atoms with Crippen molar-refractivity contribution in [2.24, 2.45) is 0 Å². The first-order valence-electron chi connectivity index (χ1n) is 8.49. The van der Waals surface area contributed by atoms with Crippen LogP contribution in [0.15, 0.2) is 48.5 Å². The van der Waals surface area contributed by atoms with Gasteiger partial charge in [-0.15, -0.1) is 0 Å². The zero-order valence-electron chi connectivity index (χ0n) is 14.0. The van der Waals surface area contributed by atoms with Crippen LogP contribution in [0.4, 0.5) is 5.69 Å². The number of amides is 1. The van der Waals surface area contributed by atoms with Crippen LogP contribution in [-0.4, -0.2) is 25.2 Å². The molecule has 0 bridgehead atoms. The fourth-order valence-electron chi connectivity index (χ4n) is 2.72. The van der Waals surface area contributed by atoms with Gasteiger partial charge in [-0.1, -0.05) is 25.1 Å². The molecule has 1 N–H and O–H groups in total. The van der Waals surface area contributed by atoms with Crippen LogP contribution in [0, 0.1) is 0 Å². The molecule has 0 saturated carbocycles. The summed E-state index contributed by atoms with van der Waals surface area (Å²) < 4.78 is 11.3. The number of anilines is 1. The van der Waals surface area contributed by atoms with Gasteiger partial charge >= 0.3 is 0 Å². The number of carbonyl (C=O) groups is 1. The first kappa shape index (κ1) is 16.5. The zero-order chi connectivity index (χ0) is 16.8. The Labute approximate surface area is 142 Å². The molecule has 0 aliphatic carbocycles. The monoisotopic (exact) mass is 325 g/mol. The molecule has 1 heterocycles. The molecule has 1 aliphatic rings. The van der Waals surface area contributed by atoms with Crippen LogP contribution >= 0.6 is 0 Å². The number of carbonyl (C=O) groups excluding carboxylic acids is 1. The van der Waals surface area contributed by atoms with E-state index in [1.54, 1.807) is 0 Å². The topological polar surface area (TPSA) is 47.6 Å². The van der Waals surface area contributed by atoms with E-state index < -0.39 is 0 Å². The third kappa shape index (κ3) is 4.36. The Morgan fingerprint density at radius 3 is 2.79 bits per heavy atom. The number of aryl methyl sites for hydroxylation is 1. The van der Waals surface area contributed by atoms with Gasteiger partial charge in [-0.3, -0.25) is 4.79 Å². The molecule has 0 aromatic heterocycles. The highest BCUT2D eigenvalue weighted by Crippen LogP contribution is 2.20. The lowest BCUT2D eigenvalue weighted by atomic mass is 10.1. The van der Waals surface area contributed by atoms with Crippen molar-refractivity contribution < 1.29 is 14.3 Å². The molecule has 4 nitrogen and oxygen atoms in total. The molecule has 0 spiro atoms. The Hall–Kier alpha value is -2.33. The number of hydrogen-bond donors (Lipinski definition) is 1. The van der Waals surface area contributed by atoms with Gasteiger partial charge in [0.25, 0.3) is 5.91 Å². The molecular weight excluding hydrogens is 302 g/mol. The Morgan fingerprint density at radius 1 is 1.25 bits per heavy atom. The van der Waals surface area contributed by atoms with E-state index in [4.69, 9.17) is 9.47 Å². The fourth-order valence-corrected chi connectivity index (χ4v) is 2.72. The summed E-state index contributed by atoms with van der Waals surface area (Å²) in [5.74, 6) is 0.624. The molecule has 1 amide bonds. The normalized spacial score (nSPS) is 16.8. The van der Waals surface area contributed by atoms with E-state index in [0.717, 1.165) is 37.3 Å². The maximum atomic E-state index is 12.3. The summed E-state index contributed by atoms with van der Waals surface area (Å²) in [6.45, 7) is 3.47. The Balaban J connectivity index is 1.59. The Kier molecular flexibility index (Phi) is 5.49. The highest BCUT2D eigenvalue weighted by atomic mass is 16.5. The van der Waals surface area contributed by atoms with Crippen LogP contribution < -0.4 is 10.1 Å². The summed E-state index contributed by atoms with van der Waals surface area (Å²) in [6, 6.07) is 15.1. The summed E-state index contributed by atoms with van der Waals surface area (Å²) in [5.41, 5.74) is 2.60. The second-order valence-electron chi connectivity index (χ2n) is 5.98. The molecule has 1 fully saturated rings.